The van der Waals surface area contributed by atoms with E-state index in [9.17, 15) is 9.59 Å². The Morgan fingerprint density at radius 3 is 2.76 bits per heavy atom. The lowest BCUT2D eigenvalue weighted by molar-refractivity contribution is -0.125. The second kappa shape index (κ2) is 9.00. The third kappa shape index (κ3) is 3.97. The Hall–Kier alpha value is -3.55. The molecular formula is C25H20Cl2N4O3. The minimum absolute atomic E-state index is 0.136. The number of rotatable bonds is 5. The molecule has 1 atom stereocenters. The van der Waals surface area contributed by atoms with Crippen LogP contribution in [0.3, 0.4) is 0 Å². The van der Waals surface area contributed by atoms with E-state index in [-0.39, 0.29) is 17.6 Å². The van der Waals surface area contributed by atoms with E-state index in [1.165, 1.54) is 6.08 Å². The molecule has 172 valence electrons. The lowest BCUT2D eigenvalue weighted by Gasteiger charge is -2.15. The van der Waals surface area contributed by atoms with E-state index in [0.717, 1.165) is 5.52 Å². The van der Waals surface area contributed by atoms with Crippen molar-refractivity contribution in [2.75, 3.05) is 13.1 Å². The molecule has 7 nitrogen and oxygen atoms in total. The Balaban J connectivity index is 1.54. The highest BCUT2D eigenvalue weighted by atomic mass is 35.5. The molecule has 3 heterocycles. The molecule has 1 amide bonds. The van der Waals surface area contributed by atoms with Gasteiger partial charge in [0.15, 0.2) is 0 Å². The number of amides is 1. The number of nitrogens with zero attached hydrogens (tertiary/aromatic N) is 4. The van der Waals surface area contributed by atoms with Crippen LogP contribution in [0.2, 0.25) is 10.0 Å². The number of imidazole rings is 1. The molecule has 0 bridgehead atoms. The SMILES string of the molecule is C=CC(=O)N1CC[C@@H](n2c(=O)n(-c3ccc(Oc4cccc(Cl)c4)c(Cl)c3)c3cnccc32)C1. The van der Waals surface area contributed by atoms with E-state index in [2.05, 4.69) is 11.6 Å². The number of likely N-dealkylation sites (tertiary alicyclic amines) is 1. The Morgan fingerprint density at radius 2 is 2.00 bits per heavy atom. The van der Waals surface area contributed by atoms with Crippen LogP contribution < -0.4 is 10.4 Å². The smallest absolute Gasteiger partial charge is 0.334 e. The van der Waals surface area contributed by atoms with Crippen molar-refractivity contribution in [3.05, 3.63) is 94.1 Å². The lowest BCUT2D eigenvalue weighted by atomic mass is 10.2. The molecule has 2 aromatic heterocycles. The number of benzene rings is 2. The molecular weight excluding hydrogens is 475 g/mol. The van der Waals surface area contributed by atoms with Gasteiger partial charge in [0.05, 0.1) is 34.0 Å². The van der Waals surface area contributed by atoms with Crippen molar-refractivity contribution in [2.24, 2.45) is 0 Å². The maximum atomic E-state index is 13.6. The molecule has 5 rings (SSSR count). The van der Waals surface area contributed by atoms with Crippen LogP contribution in [0.1, 0.15) is 12.5 Å². The van der Waals surface area contributed by atoms with Crippen molar-refractivity contribution in [2.45, 2.75) is 12.5 Å². The quantitative estimate of drug-likeness (QED) is 0.355. The van der Waals surface area contributed by atoms with Gasteiger partial charge in [-0.1, -0.05) is 35.8 Å². The zero-order valence-electron chi connectivity index (χ0n) is 18.0. The monoisotopic (exact) mass is 494 g/mol. The van der Waals surface area contributed by atoms with Crippen LogP contribution in [0.5, 0.6) is 11.5 Å². The molecule has 1 fully saturated rings. The van der Waals surface area contributed by atoms with Gasteiger partial charge in [-0.05, 0) is 55.0 Å². The first-order chi connectivity index (χ1) is 16.5. The summed E-state index contributed by atoms with van der Waals surface area (Å²) < 4.78 is 9.18. The van der Waals surface area contributed by atoms with E-state index in [1.807, 2.05) is 6.07 Å². The van der Waals surface area contributed by atoms with E-state index in [0.29, 0.717) is 52.3 Å². The van der Waals surface area contributed by atoms with Gasteiger partial charge in [-0.2, -0.15) is 0 Å². The first-order valence-corrected chi connectivity index (χ1v) is 11.4. The molecule has 0 unspecified atom stereocenters. The highest BCUT2D eigenvalue weighted by Crippen LogP contribution is 2.33. The van der Waals surface area contributed by atoms with E-state index >= 15 is 0 Å². The maximum Gasteiger partial charge on any atom is 0.334 e. The standard InChI is InChI=1S/C25H20Cl2N4O3/c1-2-24(32)29-11-9-18(15-29)31-21-8-10-28-14-22(21)30(25(31)33)17-6-7-23(20(27)13-17)34-19-5-3-4-16(26)12-19/h2-8,10,12-14,18H,1,9,11,15H2/t18-/m1/s1. The van der Waals surface area contributed by atoms with Gasteiger partial charge in [-0.25, -0.2) is 4.79 Å². The van der Waals surface area contributed by atoms with Crippen LogP contribution in [-0.2, 0) is 4.79 Å². The molecule has 34 heavy (non-hydrogen) atoms. The summed E-state index contributed by atoms with van der Waals surface area (Å²) in [5, 5.41) is 0.898. The highest BCUT2D eigenvalue weighted by molar-refractivity contribution is 6.32. The van der Waals surface area contributed by atoms with Crippen LogP contribution >= 0.6 is 23.2 Å². The topological polar surface area (TPSA) is 69.4 Å². The van der Waals surface area contributed by atoms with Crippen LogP contribution in [-0.4, -0.2) is 38.0 Å². The summed E-state index contributed by atoms with van der Waals surface area (Å²) in [7, 11) is 0. The fraction of sp³-hybridized carbons (Fsp3) is 0.160. The van der Waals surface area contributed by atoms with Crippen LogP contribution in [0.15, 0.2) is 78.4 Å². The number of carbonyl (C=O) groups is 1. The van der Waals surface area contributed by atoms with Crippen molar-refractivity contribution < 1.29 is 9.53 Å². The second-order valence-corrected chi connectivity index (χ2v) is 8.80. The van der Waals surface area contributed by atoms with Gasteiger partial charge in [0.2, 0.25) is 5.91 Å². The third-order valence-corrected chi connectivity index (χ3v) is 6.42. The number of halogens is 2. The summed E-state index contributed by atoms with van der Waals surface area (Å²) in [6, 6.07) is 13.8. The number of ether oxygens (including phenoxy) is 1. The van der Waals surface area contributed by atoms with Crippen LogP contribution in [0.25, 0.3) is 16.7 Å². The number of hydrogen-bond donors (Lipinski definition) is 0. The molecule has 0 spiro atoms. The third-order valence-electron chi connectivity index (χ3n) is 5.89. The molecule has 4 aromatic rings. The summed E-state index contributed by atoms with van der Waals surface area (Å²) in [4.78, 5) is 31.6. The summed E-state index contributed by atoms with van der Waals surface area (Å²) in [6.07, 6.45) is 5.28. The van der Waals surface area contributed by atoms with Gasteiger partial charge in [-0.3, -0.25) is 18.9 Å². The average Bonchev–Trinajstić information content (AvgIpc) is 3.42. The van der Waals surface area contributed by atoms with Gasteiger partial charge in [0.25, 0.3) is 0 Å². The summed E-state index contributed by atoms with van der Waals surface area (Å²) >= 11 is 12.6. The molecule has 1 aliphatic rings. The van der Waals surface area contributed by atoms with Crippen molar-refractivity contribution in [3.8, 4) is 17.2 Å². The normalized spacial score (nSPS) is 15.6. The largest absolute Gasteiger partial charge is 0.456 e. The molecule has 2 aromatic carbocycles. The van der Waals surface area contributed by atoms with E-state index in [4.69, 9.17) is 27.9 Å². The van der Waals surface area contributed by atoms with Crippen LogP contribution in [0, 0.1) is 0 Å². The zero-order valence-corrected chi connectivity index (χ0v) is 19.5. The number of aromatic nitrogens is 3. The average molecular weight is 495 g/mol. The summed E-state index contributed by atoms with van der Waals surface area (Å²) in [5.41, 5.74) is 1.76. The first-order valence-electron chi connectivity index (χ1n) is 10.7. The summed E-state index contributed by atoms with van der Waals surface area (Å²) in [6.45, 7) is 4.57. The van der Waals surface area contributed by atoms with Gasteiger partial charge in [-0.15, -0.1) is 0 Å². The zero-order chi connectivity index (χ0) is 23.8. The number of pyridine rings is 1. The van der Waals surface area contributed by atoms with Crippen molar-refractivity contribution in [1.82, 2.24) is 19.0 Å². The lowest BCUT2D eigenvalue weighted by Crippen LogP contribution is -2.31. The fourth-order valence-corrected chi connectivity index (χ4v) is 4.72. The number of fused-ring (bicyclic) bond motifs is 1. The minimum Gasteiger partial charge on any atom is -0.456 e. The molecule has 9 heteroatoms. The fourth-order valence-electron chi connectivity index (χ4n) is 4.32. The van der Waals surface area contributed by atoms with Crippen LogP contribution in [0.4, 0.5) is 0 Å². The van der Waals surface area contributed by atoms with Gasteiger partial charge in [0, 0.05) is 24.3 Å². The summed E-state index contributed by atoms with van der Waals surface area (Å²) in [5.74, 6) is 0.861. The molecule has 1 aliphatic heterocycles. The van der Waals surface area contributed by atoms with Crippen molar-refractivity contribution in [3.63, 3.8) is 0 Å². The maximum absolute atomic E-state index is 13.6. The molecule has 1 saturated heterocycles. The van der Waals surface area contributed by atoms with Crippen molar-refractivity contribution >= 4 is 40.1 Å². The molecule has 0 radical (unpaired) electrons. The van der Waals surface area contributed by atoms with Gasteiger partial charge >= 0.3 is 5.69 Å². The minimum atomic E-state index is -0.222. The van der Waals surface area contributed by atoms with Gasteiger partial charge < -0.3 is 9.64 Å². The molecule has 0 saturated carbocycles. The number of carbonyl (C=O) groups excluding carboxylic acids is 1. The predicted octanol–water partition coefficient (Wildman–Crippen LogP) is 5.25. The Bertz CT molecular complexity index is 1480. The Labute approximate surface area is 205 Å². The Morgan fingerprint density at radius 1 is 1.15 bits per heavy atom. The van der Waals surface area contributed by atoms with E-state index in [1.54, 1.807) is 68.9 Å². The second-order valence-electron chi connectivity index (χ2n) is 7.96. The van der Waals surface area contributed by atoms with Crippen molar-refractivity contribution in [1.29, 1.82) is 0 Å². The predicted molar refractivity (Wildman–Crippen MR) is 132 cm³/mol. The number of hydrogen-bond acceptors (Lipinski definition) is 4. The Kier molecular flexibility index (Phi) is 5.89. The first kappa shape index (κ1) is 22.3. The molecule has 0 aliphatic carbocycles. The molecule has 0 N–H and O–H groups in total. The highest BCUT2D eigenvalue weighted by Gasteiger charge is 2.30. The van der Waals surface area contributed by atoms with E-state index < -0.39 is 0 Å². The van der Waals surface area contributed by atoms with Gasteiger partial charge in [0.1, 0.15) is 11.5 Å².